The van der Waals surface area contributed by atoms with Gasteiger partial charge in [-0.2, -0.15) is 0 Å². The Labute approximate surface area is 205 Å². The second-order valence-corrected chi connectivity index (χ2v) is 8.75. The van der Waals surface area contributed by atoms with Crippen molar-refractivity contribution in [2.24, 2.45) is 5.92 Å². The van der Waals surface area contributed by atoms with E-state index in [0.717, 1.165) is 54.4 Å². The van der Waals surface area contributed by atoms with Crippen LogP contribution >= 0.6 is 0 Å². The second kappa shape index (κ2) is 10.7. The van der Waals surface area contributed by atoms with Crippen molar-refractivity contribution in [3.63, 3.8) is 0 Å². The van der Waals surface area contributed by atoms with E-state index in [-0.39, 0.29) is 5.91 Å². The molecule has 3 heterocycles. The molecule has 0 spiro atoms. The first-order valence-electron chi connectivity index (χ1n) is 12.0. The maximum atomic E-state index is 11.3. The largest absolute Gasteiger partial charge is 0.486 e. The molecule has 8 heteroatoms. The van der Waals surface area contributed by atoms with Crippen molar-refractivity contribution in [1.82, 2.24) is 15.6 Å². The molecule has 0 bridgehead atoms. The highest BCUT2D eigenvalue weighted by atomic mass is 16.6. The van der Waals surface area contributed by atoms with E-state index in [2.05, 4.69) is 28.1 Å². The third kappa shape index (κ3) is 5.49. The Hall–Kier alpha value is -3.78. The first-order chi connectivity index (χ1) is 17.2. The van der Waals surface area contributed by atoms with Crippen LogP contribution in [0.1, 0.15) is 18.4 Å². The van der Waals surface area contributed by atoms with Gasteiger partial charge in [0.15, 0.2) is 11.5 Å². The van der Waals surface area contributed by atoms with E-state index in [9.17, 15) is 4.79 Å². The summed E-state index contributed by atoms with van der Waals surface area (Å²) in [4.78, 5) is 16.1. The Morgan fingerprint density at radius 3 is 2.86 bits per heavy atom. The van der Waals surface area contributed by atoms with Crippen molar-refractivity contribution in [1.29, 1.82) is 0 Å². The lowest BCUT2D eigenvalue weighted by Gasteiger charge is -2.22. The molecule has 5 rings (SSSR count). The van der Waals surface area contributed by atoms with Crippen LogP contribution in [0.25, 0.3) is 11.3 Å². The Morgan fingerprint density at radius 1 is 1.11 bits per heavy atom. The third-order valence-electron chi connectivity index (χ3n) is 6.23. The smallest absolute Gasteiger partial charge is 0.238 e. The van der Waals surface area contributed by atoms with Crippen LogP contribution in [0.2, 0.25) is 0 Å². The second-order valence-electron chi connectivity index (χ2n) is 8.75. The lowest BCUT2D eigenvalue weighted by atomic mass is 9.99. The fourth-order valence-corrected chi connectivity index (χ4v) is 4.41. The molecule has 1 amide bonds. The Balaban J connectivity index is 1.26. The molecule has 2 aliphatic rings. The Bertz CT molecular complexity index is 1190. The minimum Gasteiger partial charge on any atom is -0.486 e. The normalized spacial score (nSPS) is 16.9. The van der Waals surface area contributed by atoms with Crippen molar-refractivity contribution in [3.8, 4) is 28.6 Å². The van der Waals surface area contributed by atoms with Crippen molar-refractivity contribution < 1.29 is 19.0 Å². The molecular formula is C27H30N4O4. The van der Waals surface area contributed by atoms with E-state index in [0.29, 0.717) is 37.2 Å². The molecule has 35 heavy (non-hydrogen) atoms. The van der Waals surface area contributed by atoms with Gasteiger partial charge in [0.1, 0.15) is 18.9 Å². The summed E-state index contributed by atoms with van der Waals surface area (Å²) in [6, 6.07) is 18.0. The zero-order chi connectivity index (χ0) is 24.0. The fraction of sp³-hybridized carbons (Fsp3) is 0.333. The minimum atomic E-state index is 0.156. The van der Waals surface area contributed by atoms with Crippen molar-refractivity contribution >= 4 is 17.3 Å². The molecule has 1 fully saturated rings. The number of carbonyl (C=O) groups is 1. The van der Waals surface area contributed by atoms with Crippen molar-refractivity contribution in [2.45, 2.75) is 19.4 Å². The van der Waals surface area contributed by atoms with Crippen LogP contribution in [-0.2, 0) is 11.3 Å². The molecule has 1 saturated heterocycles. The number of piperidine rings is 1. The van der Waals surface area contributed by atoms with Gasteiger partial charge in [-0.05, 0) is 60.8 Å². The van der Waals surface area contributed by atoms with Crippen LogP contribution < -0.4 is 30.2 Å². The monoisotopic (exact) mass is 474 g/mol. The molecule has 0 radical (unpaired) electrons. The first kappa shape index (κ1) is 23.0. The van der Waals surface area contributed by atoms with E-state index in [1.807, 2.05) is 42.5 Å². The van der Waals surface area contributed by atoms with Crippen LogP contribution in [-0.4, -0.2) is 44.3 Å². The highest BCUT2D eigenvalue weighted by Crippen LogP contribution is 2.40. The lowest BCUT2D eigenvalue weighted by Crippen LogP contribution is -2.39. The number of aromatic nitrogens is 1. The maximum absolute atomic E-state index is 11.3. The van der Waals surface area contributed by atoms with Gasteiger partial charge in [-0.15, -0.1) is 0 Å². The van der Waals surface area contributed by atoms with Crippen LogP contribution in [0.4, 0.5) is 11.4 Å². The summed E-state index contributed by atoms with van der Waals surface area (Å²) in [6.45, 7) is 3.46. The van der Waals surface area contributed by atoms with Gasteiger partial charge in [0.2, 0.25) is 11.8 Å². The number of anilines is 2. The number of methoxy groups -OCH3 is 1. The molecule has 0 saturated carbocycles. The Morgan fingerprint density at radius 2 is 2.00 bits per heavy atom. The summed E-state index contributed by atoms with van der Waals surface area (Å²) in [5, 5.41) is 9.88. The van der Waals surface area contributed by atoms with Crippen LogP contribution in [0.5, 0.6) is 17.4 Å². The number of fused-ring (bicyclic) bond motifs is 1. The van der Waals surface area contributed by atoms with Gasteiger partial charge in [-0.25, -0.2) is 4.98 Å². The molecule has 3 N–H and O–H groups in total. The molecule has 182 valence electrons. The number of hydrogen-bond acceptors (Lipinski definition) is 7. The van der Waals surface area contributed by atoms with Crippen LogP contribution in [0.15, 0.2) is 54.6 Å². The number of benzene rings is 2. The molecular weight excluding hydrogens is 444 g/mol. The number of nitrogens with zero attached hydrogens (tertiary/aromatic N) is 1. The standard InChI is InChI=1S/C27H30N4O4/c1-33-27-23(10-9-22(31-27)21-6-3-7-24-26(21)35-13-12-34-24)30-20-5-2-4-18(14-20)15-28-16-19-8-11-25(32)29-17-19/h2-7,9-10,14,19,28,30H,8,11-13,15-17H2,1H3,(H,29,32). The van der Waals surface area contributed by atoms with Gasteiger partial charge in [0, 0.05) is 30.8 Å². The van der Waals surface area contributed by atoms with Gasteiger partial charge in [0.25, 0.3) is 0 Å². The van der Waals surface area contributed by atoms with E-state index >= 15 is 0 Å². The number of amides is 1. The number of carbonyl (C=O) groups excluding carboxylic acids is 1. The number of pyridine rings is 1. The SMILES string of the molecule is COc1nc(-c2cccc3c2OCCO3)ccc1Nc1cccc(CNCC2CCC(=O)NC2)c1. The number of rotatable bonds is 8. The van der Waals surface area contributed by atoms with Gasteiger partial charge in [-0.1, -0.05) is 18.2 Å². The van der Waals surface area contributed by atoms with Gasteiger partial charge >= 0.3 is 0 Å². The molecule has 2 aliphatic heterocycles. The first-order valence-corrected chi connectivity index (χ1v) is 12.0. The molecule has 8 nitrogen and oxygen atoms in total. The zero-order valence-corrected chi connectivity index (χ0v) is 19.8. The average molecular weight is 475 g/mol. The maximum Gasteiger partial charge on any atom is 0.238 e. The fourth-order valence-electron chi connectivity index (χ4n) is 4.41. The number of hydrogen-bond donors (Lipinski definition) is 3. The lowest BCUT2D eigenvalue weighted by molar-refractivity contribution is -0.122. The van der Waals surface area contributed by atoms with Crippen LogP contribution in [0, 0.1) is 5.92 Å². The van der Waals surface area contributed by atoms with E-state index in [1.165, 1.54) is 5.56 Å². The predicted molar refractivity (Wildman–Crippen MR) is 134 cm³/mol. The van der Waals surface area contributed by atoms with Gasteiger partial charge < -0.3 is 30.2 Å². The zero-order valence-electron chi connectivity index (χ0n) is 19.8. The van der Waals surface area contributed by atoms with E-state index in [4.69, 9.17) is 19.2 Å². The number of para-hydroxylation sites is 1. The molecule has 0 aliphatic carbocycles. The van der Waals surface area contributed by atoms with Gasteiger partial charge in [0.05, 0.1) is 12.8 Å². The predicted octanol–water partition coefficient (Wildman–Crippen LogP) is 3.89. The molecule has 1 unspecified atom stereocenters. The minimum absolute atomic E-state index is 0.156. The summed E-state index contributed by atoms with van der Waals surface area (Å²) in [5.41, 5.74) is 4.54. The molecule has 1 aromatic heterocycles. The summed E-state index contributed by atoms with van der Waals surface area (Å²) < 4.78 is 17.2. The quantitative estimate of drug-likeness (QED) is 0.456. The topological polar surface area (TPSA) is 93.7 Å². The summed E-state index contributed by atoms with van der Waals surface area (Å²) in [6.07, 6.45) is 1.56. The molecule has 3 aromatic rings. The molecule has 2 aromatic carbocycles. The molecule has 1 atom stereocenters. The Kier molecular flexibility index (Phi) is 6.99. The number of ether oxygens (including phenoxy) is 3. The third-order valence-corrected chi connectivity index (χ3v) is 6.23. The van der Waals surface area contributed by atoms with Crippen molar-refractivity contribution in [3.05, 3.63) is 60.2 Å². The van der Waals surface area contributed by atoms with E-state index in [1.54, 1.807) is 7.11 Å². The van der Waals surface area contributed by atoms with Gasteiger partial charge in [-0.3, -0.25) is 4.79 Å². The summed E-state index contributed by atoms with van der Waals surface area (Å²) in [5.74, 6) is 2.58. The van der Waals surface area contributed by atoms with Crippen LogP contribution in [0.3, 0.4) is 0 Å². The average Bonchev–Trinajstić information content (AvgIpc) is 2.90. The number of nitrogens with one attached hydrogen (secondary N) is 3. The van der Waals surface area contributed by atoms with Crippen molar-refractivity contribution in [2.75, 3.05) is 38.7 Å². The van der Waals surface area contributed by atoms with E-state index < -0.39 is 0 Å². The summed E-state index contributed by atoms with van der Waals surface area (Å²) >= 11 is 0. The highest BCUT2D eigenvalue weighted by molar-refractivity contribution is 5.76. The summed E-state index contributed by atoms with van der Waals surface area (Å²) in [7, 11) is 1.62. The highest BCUT2D eigenvalue weighted by Gasteiger charge is 2.19.